The van der Waals surface area contributed by atoms with Gasteiger partial charge < -0.3 is 10.1 Å². The van der Waals surface area contributed by atoms with Gasteiger partial charge in [-0.2, -0.15) is 8.78 Å². The molecule has 0 aliphatic rings. The van der Waals surface area contributed by atoms with Crippen molar-refractivity contribution in [1.29, 1.82) is 0 Å². The maximum Gasteiger partial charge on any atom is 0.387 e. The van der Waals surface area contributed by atoms with Crippen LogP contribution in [0.1, 0.15) is 12.0 Å². The summed E-state index contributed by atoms with van der Waals surface area (Å²) in [7, 11) is -3.68. The zero-order chi connectivity index (χ0) is 19.9. The Kier molecular flexibility index (Phi) is 7.69. The highest BCUT2D eigenvalue weighted by Crippen LogP contribution is 2.15. The summed E-state index contributed by atoms with van der Waals surface area (Å²) < 4.78 is 55.7. The van der Waals surface area contributed by atoms with Crippen molar-refractivity contribution in [3.63, 3.8) is 0 Å². The first-order chi connectivity index (χ1) is 12.8. The van der Waals surface area contributed by atoms with E-state index in [1.807, 2.05) is 0 Å². The highest BCUT2D eigenvalue weighted by Gasteiger charge is 2.14. The molecule has 0 radical (unpaired) electrons. The van der Waals surface area contributed by atoms with Crippen LogP contribution in [0.3, 0.4) is 0 Å². The predicted molar refractivity (Wildman–Crippen MR) is 98.9 cm³/mol. The SMILES string of the molecule is O=C(CCNS(=O)(=O)c1ccc(Br)cc1)NCc1ccc(OC(F)F)cc1. The lowest BCUT2D eigenvalue weighted by atomic mass is 10.2. The summed E-state index contributed by atoms with van der Waals surface area (Å²) in [5, 5.41) is 2.62. The van der Waals surface area contributed by atoms with Crippen LogP contribution < -0.4 is 14.8 Å². The zero-order valence-corrected chi connectivity index (χ0v) is 16.4. The average molecular weight is 463 g/mol. The quantitative estimate of drug-likeness (QED) is 0.599. The second kappa shape index (κ2) is 9.77. The fourth-order valence-electron chi connectivity index (χ4n) is 2.07. The summed E-state index contributed by atoms with van der Waals surface area (Å²) in [4.78, 5) is 11.9. The standard InChI is InChI=1S/C17H17BrF2N2O4S/c18-13-3-7-15(8-4-13)27(24,25)22-10-9-16(23)21-11-12-1-5-14(6-2-12)26-17(19)20/h1-8,17,22H,9-11H2,(H,21,23). The maximum atomic E-state index is 12.1. The molecule has 0 unspecified atom stereocenters. The molecule has 146 valence electrons. The molecule has 2 N–H and O–H groups in total. The van der Waals surface area contributed by atoms with Gasteiger partial charge in [0.2, 0.25) is 15.9 Å². The Labute approximate surface area is 164 Å². The van der Waals surface area contributed by atoms with Gasteiger partial charge in [0.05, 0.1) is 4.90 Å². The first kappa shape index (κ1) is 21.3. The number of carbonyl (C=O) groups excluding carboxylic acids is 1. The number of carbonyl (C=O) groups is 1. The predicted octanol–water partition coefficient (Wildman–Crippen LogP) is 3.04. The Hall–Kier alpha value is -2.04. The van der Waals surface area contributed by atoms with E-state index in [1.54, 1.807) is 24.3 Å². The van der Waals surface area contributed by atoms with E-state index in [9.17, 15) is 22.0 Å². The van der Waals surface area contributed by atoms with Gasteiger partial charge in [-0.1, -0.05) is 28.1 Å². The summed E-state index contributed by atoms with van der Waals surface area (Å²) in [5.41, 5.74) is 0.695. The monoisotopic (exact) mass is 462 g/mol. The van der Waals surface area contributed by atoms with Crippen molar-refractivity contribution in [3.8, 4) is 5.75 Å². The van der Waals surface area contributed by atoms with E-state index in [-0.39, 0.29) is 36.1 Å². The minimum absolute atomic E-state index is 0.0300. The van der Waals surface area contributed by atoms with E-state index in [0.29, 0.717) is 5.56 Å². The van der Waals surface area contributed by atoms with E-state index in [4.69, 9.17) is 0 Å². The normalized spacial score (nSPS) is 11.4. The minimum Gasteiger partial charge on any atom is -0.435 e. The van der Waals surface area contributed by atoms with E-state index in [0.717, 1.165) is 4.47 Å². The summed E-state index contributed by atoms with van der Waals surface area (Å²) in [5.74, 6) is -0.316. The van der Waals surface area contributed by atoms with Crippen molar-refractivity contribution in [3.05, 3.63) is 58.6 Å². The van der Waals surface area contributed by atoms with Crippen LogP contribution in [-0.4, -0.2) is 27.5 Å². The van der Waals surface area contributed by atoms with Gasteiger partial charge in [0.15, 0.2) is 0 Å². The molecule has 6 nitrogen and oxygen atoms in total. The maximum absolute atomic E-state index is 12.1. The van der Waals surface area contributed by atoms with Crippen LogP contribution in [0, 0.1) is 0 Å². The fourth-order valence-corrected chi connectivity index (χ4v) is 3.37. The molecule has 2 rings (SSSR count). The third-order valence-corrected chi connectivity index (χ3v) is 5.41. The molecular weight excluding hydrogens is 446 g/mol. The molecule has 0 fully saturated rings. The van der Waals surface area contributed by atoms with Gasteiger partial charge in [0, 0.05) is 24.0 Å². The topological polar surface area (TPSA) is 84.5 Å². The highest BCUT2D eigenvalue weighted by atomic mass is 79.9. The van der Waals surface area contributed by atoms with Crippen LogP contribution in [0.2, 0.25) is 0 Å². The first-order valence-electron chi connectivity index (χ1n) is 7.82. The molecule has 1 amide bonds. The van der Waals surface area contributed by atoms with E-state index in [1.165, 1.54) is 24.3 Å². The lowest BCUT2D eigenvalue weighted by Gasteiger charge is -2.09. The number of halogens is 3. The molecule has 0 spiro atoms. The van der Waals surface area contributed by atoms with Crippen LogP contribution in [-0.2, 0) is 21.4 Å². The Morgan fingerprint density at radius 2 is 1.70 bits per heavy atom. The summed E-state index contributed by atoms with van der Waals surface area (Å²) >= 11 is 3.23. The number of rotatable bonds is 9. The van der Waals surface area contributed by atoms with Crippen molar-refractivity contribution < 1.29 is 26.7 Å². The van der Waals surface area contributed by atoms with Crippen LogP contribution >= 0.6 is 15.9 Å². The van der Waals surface area contributed by atoms with Gasteiger partial charge >= 0.3 is 6.61 Å². The molecule has 0 aliphatic heterocycles. The Morgan fingerprint density at radius 1 is 1.07 bits per heavy atom. The van der Waals surface area contributed by atoms with E-state index in [2.05, 4.69) is 30.7 Å². The number of ether oxygens (including phenoxy) is 1. The zero-order valence-electron chi connectivity index (χ0n) is 14.0. The molecule has 0 atom stereocenters. The van der Waals surface area contributed by atoms with Gasteiger partial charge in [0.25, 0.3) is 0 Å². The molecule has 0 saturated heterocycles. The Balaban J connectivity index is 1.75. The summed E-state index contributed by atoms with van der Waals surface area (Å²) in [6.07, 6.45) is -0.0394. The number of nitrogens with one attached hydrogen (secondary N) is 2. The molecule has 2 aromatic rings. The molecule has 0 bridgehead atoms. The number of amides is 1. The molecule has 0 saturated carbocycles. The van der Waals surface area contributed by atoms with Crippen molar-refractivity contribution in [2.45, 2.75) is 24.5 Å². The van der Waals surface area contributed by atoms with Crippen LogP contribution in [0.4, 0.5) is 8.78 Å². The molecule has 2 aromatic carbocycles. The third kappa shape index (κ3) is 7.24. The smallest absolute Gasteiger partial charge is 0.387 e. The average Bonchev–Trinajstić information content (AvgIpc) is 2.61. The van der Waals surface area contributed by atoms with Crippen LogP contribution in [0.15, 0.2) is 57.9 Å². The number of hydrogen-bond acceptors (Lipinski definition) is 4. The lowest BCUT2D eigenvalue weighted by Crippen LogP contribution is -2.30. The van der Waals surface area contributed by atoms with Gasteiger partial charge in [-0.15, -0.1) is 0 Å². The molecule has 0 heterocycles. The summed E-state index contributed by atoms with van der Waals surface area (Å²) in [6.45, 7) is -2.75. The van der Waals surface area contributed by atoms with Crippen molar-refractivity contribution in [2.75, 3.05) is 6.54 Å². The number of hydrogen-bond donors (Lipinski definition) is 2. The second-order valence-electron chi connectivity index (χ2n) is 5.40. The molecular formula is C17H17BrF2N2O4S. The van der Waals surface area contributed by atoms with E-state index < -0.39 is 16.6 Å². The van der Waals surface area contributed by atoms with Gasteiger partial charge in [-0.05, 0) is 42.0 Å². The second-order valence-corrected chi connectivity index (χ2v) is 8.08. The number of alkyl halides is 2. The number of benzene rings is 2. The minimum atomic E-state index is -3.68. The van der Waals surface area contributed by atoms with Crippen LogP contribution in [0.5, 0.6) is 5.75 Å². The van der Waals surface area contributed by atoms with Gasteiger partial charge in [-0.25, -0.2) is 13.1 Å². The highest BCUT2D eigenvalue weighted by molar-refractivity contribution is 9.10. The Bertz CT molecular complexity index is 860. The van der Waals surface area contributed by atoms with E-state index >= 15 is 0 Å². The molecule has 27 heavy (non-hydrogen) atoms. The molecule has 0 aromatic heterocycles. The largest absolute Gasteiger partial charge is 0.435 e. The van der Waals surface area contributed by atoms with Crippen molar-refractivity contribution in [1.82, 2.24) is 10.0 Å². The fraction of sp³-hybridized carbons (Fsp3) is 0.235. The third-order valence-electron chi connectivity index (χ3n) is 3.41. The number of sulfonamides is 1. The van der Waals surface area contributed by atoms with Gasteiger partial charge in [-0.3, -0.25) is 4.79 Å². The van der Waals surface area contributed by atoms with Crippen molar-refractivity contribution >= 4 is 31.9 Å². The first-order valence-corrected chi connectivity index (χ1v) is 10.1. The van der Waals surface area contributed by atoms with Crippen molar-refractivity contribution in [2.24, 2.45) is 0 Å². The summed E-state index contributed by atoms with van der Waals surface area (Å²) in [6, 6.07) is 12.0. The lowest BCUT2D eigenvalue weighted by molar-refractivity contribution is -0.121. The molecule has 0 aliphatic carbocycles. The Morgan fingerprint density at radius 3 is 2.30 bits per heavy atom. The van der Waals surface area contributed by atoms with Gasteiger partial charge in [0.1, 0.15) is 5.75 Å². The van der Waals surface area contributed by atoms with Crippen LogP contribution in [0.25, 0.3) is 0 Å². The molecule has 10 heteroatoms.